The van der Waals surface area contributed by atoms with Crippen molar-refractivity contribution in [3.05, 3.63) is 0 Å². The fourth-order valence-corrected chi connectivity index (χ4v) is 0.799. The fourth-order valence-electron chi connectivity index (χ4n) is 0.799. The highest BCUT2D eigenvalue weighted by Crippen LogP contribution is 2.03. The van der Waals surface area contributed by atoms with E-state index in [2.05, 4.69) is 0 Å². The molecular formula is C8H13O3-. The summed E-state index contributed by atoms with van der Waals surface area (Å²) >= 11 is 0. The molecule has 11 heavy (non-hydrogen) atoms. The van der Waals surface area contributed by atoms with E-state index in [-0.39, 0.29) is 18.6 Å². The van der Waals surface area contributed by atoms with Gasteiger partial charge in [0, 0.05) is 18.8 Å². The molecule has 0 aliphatic carbocycles. The van der Waals surface area contributed by atoms with Gasteiger partial charge in [-0.1, -0.05) is 13.8 Å². The van der Waals surface area contributed by atoms with Gasteiger partial charge in [0.2, 0.25) is 0 Å². The Morgan fingerprint density at radius 2 is 1.82 bits per heavy atom. The Balaban J connectivity index is 3.45. The van der Waals surface area contributed by atoms with Gasteiger partial charge in [0.25, 0.3) is 0 Å². The molecule has 0 N–H and O–H groups in total. The number of Topliss-reactive ketones (excluding diaryl/α,β-unsaturated/α-hetero) is 1. The van der Waals surface area contributed by atoms with Gasteiger partial charge in [0.1, 0.15) is 5.78 Å². The third-order valence-electron chi connectivity index (χ3n) is 1.24. The molecule has 3 nitrogen and oxygen atoms in total. The first kappa shape index (κ1) is 10.1. The van der Waals surface area contributed by atoms with Gasteiger partial charge in [-0.15, -0.1) is 0 Å². The molecule has 0 heterocycles. The van der Waals surface area contributed by atoms with E-state index in [1.54, 1.807) is 0 Å². The second-order valence-electron chi connectivity index (χ2n) is 3.01. The van der Waals surface area contributed by atoms with Crippen LogP contribution in [0, 0.1) is 5.92 Å². The number of carbonyl (C=O) groups excluding carboxylic acids is 2. The molecule has 0 unspecified atom stereocenters. The predicted octanol–water partition coefficient (Wildman–Crippen LogP) is 0.132. The lowest BCUT2D eigenvalue weighted by Crippen LogP contribution is -2.22. The Morgan fingerprint density at radius 1 is 1.27 bits per heavy atom. The predicted molar refractivity (Wildman–Crippen MR) is 38.7 cm³/mol. The molecule has 3 heteroatoms. The SMILES string of the molecule is CC(C)CC(=O)CCC(=O)[O-]. The first-order valence-electron chi connectivity index (χ1n) is 3.74. The third-order valence-corrected chi connectivity index (χ3v) is 1.24. The lowest BCUT2D eigenvalue weighted by atomic mass is 10.0. The molecule has 0 aromatic heterocycles. The quantitative estimate of drug-likeness (QED) is 0.570. The molecule has 0 spiro atoms. The summed E-state index contributed by atoms with van der Waals surface area (Å²) < 4.78 is 0. The van der Waals surface area contributed by atoms with Crippen LogP contribution >= 0.6 is 0 Å². The molecule has 0 rings (SSSR count). The first-order valence-corrected chi connectivity index (χ1v) is 3.74. The molecule has 0 fully saturated rings. The summed E-state index contributed by atoms with van der Waals surface area (Å²) in [4.78, 5) is 20.8. The molecule has 0 aliphatic heterocycles. The standard InChI is InChI=1S/C8H14O3/c1-6(2)5-7(9)3-4-8(10)11/h6H,3-5H2,1-2H3,(H,10,11)/p-1. The summed E-state index contributed by atoms with van der Waals surface area (Å²) in [7, 11) is 0. The minimum absolute atomic E-state index is 0.00389. The summed E-state index contributed by atoms with van der Waals surface area (Å²) in [5, 5.41) is 9.93. The summed E-state index contributed by atoms with van der Waals surface area (Å²) in [6, 6.07) is 0. The molecule has 0 saturated heterocycles. The van der Waals surface area contributed by atoms with Gasteiger partial charge >= 0.3 is 0 Å². The second kappa shape index (κ2) is 4.88. The van der Waals surface area contributed by atoms with Crippen molar-refractivity contribution in [1.82, 2.24) is 0 Å². The lowest BCUT2D eigenvalue weighted by molar-refractivity contribution is -0.305. The van der Waals surface area contributed by atoms with E-state index in [1.807, 2.05) is 13.8 Å². The van der Waals surface area contributed by atoms with Crippen LogP contribution in [0.15, 0.2) is 0 Å². The van der Waals surface area contributed by atoms with Crippen LogP contribution in [0.1, 0.15) is 33.1 Å². The topological polar surface area (TPSA) is 57.2 Å². The van der Waals surface area contributed by atoms with Gasteiger partial charge < -0.3 is 9.90 Å². The summed E-state index contributed by atoms with van der Waals surface area (Å²) in [5.74, 6) is -0.837. The van der Waals surface area contributed by atoms with Crippen molar-refractivity contribution in [3.8, 4) is 0 Å². The molecule has 0 aromatic carbocycles. The van der Waals surface area contributed by atoms with Crippen molar-refractivity contribution in [2.45, 2.75) is 33.1 Å². The van der Waals surface area contributed by atoms with E-state index >= 15 is 0 Å². The molecule has 0 aromatic rings. The molecule has 0 radical (unpaired) electrons. The molecule has 64 valence electrons. The van der Waals surface area contributed by atoms with Gasteiger partial charge in [-0.3, -0.25) is 4.79 Å². The van der Waals surface area contributed by atoms with Crippen LogP contribution in [0.5, 0.6) is 0 Å². The average molecular weight is 157 g/mol. The number of hydrogen-bond acceptors (Lipinski definition) is 3. The van der Waals surface area contributed by atoms with Crippen LogP contribution in [-0.4, -0.2) is 11.8 Å². The monoisotopic (exact) mass is 157 g/mol. The smallest absolute Gasteiger partial charge is 0.133 e. The molecule has 0 atom stereocenters. The Morgan fingerprint density at radius 3 is 2.18 bits per heavy atom. The summed E-state index contributed by atoms with van der Waals surface area (Å²) in [6.07, 6.45) is 0.430. The van der Waals surface area contributed by atoms with E-state index in [0.29, 0.717) is 12.3 Å². The minimum Gasteiger partial charge on any atom is -0.550 e. The number of carbonyl (C=O) groups is 2. The number of hydrogen-bond donors (Lipinski definition) is 0. The van der Waals surface area contributed by atoms with Crippen molar-refractivity contribution in [2.24, 2.45) is 5.92 Å². The Kier molecular flexibility index (Phi) is 4.50. The Bertz CT molecular complexity index is 149. The maximum Gasteiger partial charge on any atom is 0.133 e. The number of carboxylic acid groups (broad SMARTS) is 1. The molecule has 0 bridgehead atoms. The third kappa shape index (κ3) is 7.03. The Labute approximate surface area is 66.4 Å². The van der Waals surface area contributed by atoms with Crippen LogP contribution in [0.2, 0.25) is 0 Å². The van der Waals surface area contributed by atoms with E-state index in [9.17, 15) is 14.7 Å². The van der Waals surface area contributed by atoms with Gasteiger partial charge in [-0.05, 0) is 12.3 Å². The van der Waals surface area contributed by atoms with Crippen molar-refractivity contribution in [2.75, 3.05) is 0 Å². The van der Waals surface area contributed by atoms with Crippen LogP contribution in [0.3, 0.4) is 0 Å². The molecular weight excluding hydrogens is 144 g/mol. The highest BCUT2D eigenvalue weighted by atomic mass is 16.4. The van der Waals surface area contributed by atoms with Crippen LogP contribution in [0.4, 0.5) is 0 Å². The summed E-state index contributed by atoms with van der Waals surface area (Å²) in [5.41, 5.74) is 0. The maximum atomic E-state index is 10.9. The van der Waals surface area contributed by atoms with Crippen LogP contribution in [0.25, 0.3) is 0 Å². The molecule has 0 amide bonds. The van der Waals surface area contributed by atoms with E-state index in [0.717, 1.165) is 0 Å². The molecule has 0 saturated carbocycles. The number of aliphatic carboxylic acids is 1. The number of carboxylic acids is 1. The van der Waals surface area contributed by atoms with Crippen molar-refractivity contribution in [1.29, 1.82) is 0 Å². The highest BCUT2D eigenvalue weighted by Gasteiger charge is 2.04. The van der Waals surface area contributed by atoms with Gasteiger partial charge in [-0.25, -0.2) is 0 Å². The largest absolute Gasteiger partial charge is 0.550 e. The van der Waals surface area contributed by atoms with Crippen molar-refractivity contribution >= 4 is 11.8 Å². The van der Waals surface area contributed by atoms with Crippen molar-refractivity contribution in [3.63, 3.8) is 0 Å². The molecule has 0 aliphatic rings. The van der Waals surface area contributed by atoms with Crippen LogP contribution in [-0.2, 0) is 9.59 Å². The van der Waals surface area contributed by atoms with Gasteiger partial charge in [-0.2, -0.15) is 0 Å². The zero-order chi connectivity index (χ0) is 8.85. The maximum absolute atomic E-state index is 10.9. The minimum atomic E-state index is -1.15. The van der Waals surface area contributed by atoms with Crippen LogP contribution < -0.4 is 5.11 Å². The number of rotatable bonds is 5. The van der Waals surface area contributed by atoms with Crippen molar-refractivity contribution < 1.29 is 14.7 Å². The first-order chi connectivity index (χ1) is 5.02. The second-order valence-corrected chi connectivity index (χ2v) is 3.01. The van der Waals surface area contributed by atoms with E-state index in [4.69, 9.17) is 0 Å². The van der Waals surface area contributed by atoms with E-state index < -0.39 is 5.97 Å². The highest BCUT2D eigenvalue weighted by molar-refractivity contribution is 5.81. The Hall–Kier alpha value is -0.860. The summed E-state index contributed by atoms with van der Waals surface area (Å²) in [6.45, 7) is 3.85. The number of ketones is 1. The van der Waals surface area contributed by atoms with Gasteiger partial charge in [0.05, 0.1) is 0 Å². The zero-order valence-corrected chi connectivity index (χ0v) is 6.92. The normalized spacial score (nSPS) is 10.1. The van der Waals surface area contributed by atoms with E-state index in [1.165, 1.54) is 0 Å². The fraction of sp³-hybridized carbons (Fsp3) is 0.750. The van der Waals surface area contributed by atoms with Gasteiger partial charge in [0.15, 0.2) is 0 Å². The zero-order valence-electron chi connectivity index (χ0n) is 6.92. The lowest BCUT2D eigenvalue weighted by Gasteiger charge is -2.03. The average Bonchev–Trinajstić information content (AvgIpc) is 1.82.